The average Bonchev–Trinajstić information content (AvgIpc) is 3.10. The number of rotatable bonds is 10. The largest absolute Gasteiger partial charge is 0.481 e. The summed E-state index contributed by atoms with van der Waals surface area (Å²) in [5.41, 5.74) is 9.14. The zero-order chi connectivity index (χ0) is 32.9. The Morgan fingerprint density at radius 3 is 2.36 bits per heavy atom. The van der Waals surface area contributed by atoms with Crippen LogP contribution in [0.4, 0.5) is 5.69 Å². The van der Waals surface area contributed by atoms with Crippen LogP contribution in [0.1, 0.15) is 58.1 Å². The molecule has 0 saturated carbocycles. The van der Waals surface area contributed by atoms with Crippen molar-refractivity contribution < 1.29 is 19.0 Å². The van der Waals surface area contributed by atoms with Crippen LogP contribution in [0.5, 0.6) is 5.88 Å². The van der Waals surface area contributed by atoms with Gasteiger partial charge in [-0.15, -0.1) is 0 Å². The van der Waals surface area contributed by atoms with Crippen LogP contribution in [0, 0.1) is 20.8 Å². The first-order chi connectivity index (χ1) is 22.9. The van der Waals surface area contributed by atoms with Crippen molar-refractivity contribution >= 4 is 22.4 Å². The summed E-state index contributed by atoms with van der Waals surface area (Å²) in [5.74, 6) is 0.430. The molecular weight excluding hydrogens is 588 g/mol. The summed E-state index contributed by atoms with van der Waals surface area (Å²) < 4.78 is 16.9. The van der Waals surface area contributed by atoms with E-state index in [1.54, 1.807) is 7.11 Å². The lowest BCUT2D eigenvalue weighted by atomic mass is 9.94. The van der Waals surface area contributed by atoms with E-state index in [0.717, 1.165) is 110 Å². The van der Waals surface area contributed by atoms with Gasteiger partial charge in [-0.25, -0.2) is 4.98 Å². The van der Waals surface area contributed by atoms with Gasteiger partial charge < -0.3 is 24.4 Å². The van der Waals surface area contributed by atoms with E-state index < -0.39 is 0 Å². The van der Waals surface area contributed by atoms with Gasteiger partial charge in [-0.05, 0) is 86.4 Å². The second-order valence-corrected chi connectivity index (χ2v) is 12.8. The van der Waals surface area contributed by atoms with Crippen molar-refractivity contribution in [1.29, 1.82) is 0 Å². The maximum absolute atomic E-state index is 14.2. The van der Waals surface area contributed by atoms with Crippen molar-refractivity contribution in [3.8, 4) is 17.0 Å². The smallest absolute Gasteiger partial charge is 0.251 e. The number of nitrogens with one attached hydrogen (secondary N) is 1. The Morgan fingerprint density at radius 2 is 1.66 bits per heavy atom. The van der Waals surface area contributed by atoms with Crippen molar-refractivity contribution in [1.82, 2.24) is 15.2 Å². The van der Waals surface area contributed by atoms with Gasteiger partial charge in [0.1, 0.15) is 0 Å². The number of methoxy groups -OCH3 is 1. The van der Waals surface area contributed by atoms with Gasteiger partial charge >= 0.3 is 0 Å². The van der Waals surface area contributed by atoms with Gasteiger partial charge in [0.05, 0.1) is 20.3 Å². The number of carbonyl (C=O) groups is 1. The van der Waals surface area contributed by atoms with Crippen LogP contribution in [0.3, 0.4) is 0 Å². The number of aryl methyl sites for hydroxylation is 2. The zero-order valence-corrected chi connectivity index (χ0v) is 28.5. The van der Waals surface area contributed by atoms with Crippen molar-refractivity contribution in [2.75, 3.05) is 58.1 Å². The highest BCUT2D eigenvalue weighted by Crippen LogP contribution is 2.35. The molecule has 0 bridgehead atoms. The van der Waals surface area contributed by atoms with E-state index in [9.17, 15) is 4.79 Å². The molecule has 2 aliphatic heterocycles. The van der Waals surface area contributed by atoms with Crippen LogP contribution in [0.15, 0.2) is 54.6 Å². The van der Waals surface area contributed by atoms with Gasteiger partial charge in [0.25, 0.3) is 5.91 Å². The van der Waals surface area contributed by atoms with Gasteiger partial charge in [0.15, 0.2) is 0 Å². The number of ether oxygens (including phenoxy) is 3. The molecule has 2 saturated heterocycles. The number of hydrogen-bond acceptors (Lipinski definition) is 7. The summed E-state index contributed by atoms with van der Waals surface area (Å²) in [6.07, 6.45) is 1.95. The normalized spacial score (nSPS) is 15.9. The van der Waals surface area contributed by atoms with Crippen LogP contribution in [-0.4, -0.2) is 75.0 Å². The van der Waals surface area contributed by atoms with Gasteiger partial charge in [-0.1, -0.05) is 42.0 Å². The standard InChI is InChI=1S/C39H48N4O4/c1-6-43(32-13-17-46-18-14-32)37-23-31(30-10-8-29(9-11-30)25-42-15-19-47-20-16-42)22-34(27(37)3)38(44)40-24-36-33-12-7-26(2)21-35(33)28(4)41-39(36)45-5/h7-12,21-23,32H,6,13-20,24-25H2,1-5H3,(H,40,44). The van der Waals surface area contributed by atoms with Crippen LogP contribution in [0.2, 0.25) is 0 Å². The number of anilines is 1. The lowest BCUT2D eigenvalue weighted by Crippen LogP contribution is -2.40. The molecule has 0 unspecified atom stereocenters. The SMILES string of the molecule is CCN(c1cc(-c2ccc(CN3CCOCC3)cc2)cc(C(=O)NCc2c(OC)nc(C)c3cc(C)ccc23)c1C)C1CCOCC1. The van der Waals surface area contributed by atoms with Gasteiger partial charge in [-0.3, -0.25) is 9.69 Å². The van der Waals surface area contributed by atoms with Gasteiger partial charge in [0, 0.05) is 79.9 Å². The van der Waals surface area contributed by atoms with Crippen molar-refractivity contribution in [2.45, 2.75) is 59.7 Å². The van der Waals surface area contributed by atoms with E-state index in [-0.39, 0.29) is 5.91 Å². The Hall–Kier alpha value is -3.98. The number of nitrogens with zero attached hydrogens (tertiary/aromatic N) is 3. The number of pyridine rings is 1. The van der Waals surface area contributed by atoms with E-state index in [1.807, 2.05) is 6.92 Å². The van der Waals surface area contributed by atoms with Crippen LogP contribution >= 0.6 is 0 Å². The predicted octanol–water partition coefficient (Wildman–Crippen LogP) is 6.60. The minimum absolute atomic E-state index is 0.111. The molecule has 3 aromatic carbocycles. The van der Waals surface area contributed by atoms with Gasteiger partial charge in [0.2, 0.25) is 5.88 Å². The minimum Gasteiger partial charge on any atom is -0.481 e. The quantitative estimate of drug-likeness (QED) is 0.210. The molecule has 8 heteroatoms. The lowest BCUT2D eigenvalue weighted by Gasteiger charge is -2.37. The van der Waals surface area contributed by atoms with E-state index in [0.29, 0.717) is 24.0 Å². The number of aromatic nitrogens is 1. The first kappa shape index (κ1) is 32.9. The highest BCUT2D eigenvalue weighted by atomic mass is 16.5. The van der Waals surface area contributed by atoms with Crippen LogP contribution < -0.4 is 15.0 Å². The number of benzene rings is 3. The van der Waals surface area contributed by atoms with E-state index in [2.05, 4.69) is 90.5 Å². The first-order valence-corrected chi connectivity index (χ1v) is 17.0. The molecule has 0 spiro atoms. The monoisotopic (exact) mass is 636 g/mol. The predicted molar refractivity (Wildman–Crippen MR) is 189 cm³/mol. The molecule has 1 amide bonds. The third-order valence-electron chi connectivity index (χ3n) is 9.74. The first-order valence-electron chi connectivity index (χ1n) is 17.0. The maximum Gasteiger partial charge on any atom is 0.251 e. The Bertz CT molecular complexity index is 1710. The summed E-state index contributed by atoms with van der Waals surface area (Å²) in [6.45, 7) is 15.4. The summed E-state index contributed by atoms with van der Waals surface area (Å²) >= 11 is 0. The summed E-state index contributed by atoms with van der Waals surface area (Å²) in [4.78, 5) is 23.8. The van der Waals surface area contributed by atoms with Crippen molar-refractivity contribution in [2.24, 2.45) is 0 Å². The Morgan fingerprint density at radius 1 is 0.936 bits per heavy atom. The van der Waals surface area contributed by atoms with E-state index in [4.69, 9.17) is 19.2 Å². The lowest BCUT2D eigenvalue weighted by molar-refractivity contribution is 0.0342. The van der Waals surface area contributed by atoms with Crippen molar-refractivity contribution in [3.05, 3.63) is 88.1 Å². The molecule has 8 nitrogen and oxygen atoms in total. The summed E-state index contributed by atoms with van der Waals surface area (Å²) in [6, 6.07) is 19.8. The second-order valence-electron chi connectivity index (χ2n) is 12.8. The van der Waals surface area contributed by atoms with Crippen molar-refractivity contribution in [3.63, 3.8) is 0 Å². The Kier molecular flexibility index (Phi) is 10.4. The fraction of sp³-hybridized carbons (Fsp3) is 0.436. The molecule has 0 aliphatic carbocycles. The maximum atomic E-state index is 14.2. The number of morpholine rings is 1. The molecule has 6 rings (SSSR count). The third kappa shape index (κ3) is 7.30. The fourth-order valence-electron chi connectivity index (χ4n) is 7.06. The summed E-state index contributed by atoms with van der Waals surface area (Å²) in [7, 11) is 1.63. The molecule has 0 radical (unpaired) electrons. The van der Waals surface area contributed by atoms with Gasteiger partial charge in [-0.2, -0.15) is 0 Å². The zero-order valence-electron chi connectivity index (χ0n) is 28.5. The Labute approximate surface area is 279 Å². The highest BCUT2D eigenvalue weighted by Gasteiger charge is 2.25. The van der Waals surface area contributed by atoms with Crippen LogP contribution in [0.25, 0.3) is 21.9 Å². The molecule has 4 aromatic rings. The molecule has 1 aromatic heterocycles. The molecule has 2 fully saturated rings. The molecule has 3 heterocycles. The number of amides is 1. The minimum atomic E-state index is -0.111. The average molecular weight is 637 g/mol. The summed E-state index contributed by atoms with van der Waals surface area (Å²) in [5, 5.41) is 5.35. The molecule has 1 N–H and O–H groups in total. The second kappa shape index (κ2) is 14.8. The number of fused-ring (bicyclic) bond motifs is 1. The topological polar surface area (TPSA) is 76.2 Å². The number of carbonyl (C=O) groups excluding carboxylic acids is 1. The van der Waals surface area contributed by atoms with E-state index >= 15 is 0 Å². The highest BCUT2D eigenvalue weighted by molar-refractivity contribution is 5.99. The van der Waals surface area contributed by atoms with Crippen LogP contribution in [-0.2, 0) is 22.6 Å². The molecule has 2 aliphatic rings. The van der Waals surface area contributed by atoms with E-state index in [1.165, 1.54) is 11.1 Å². The molecule has 47 heavy (non-hydrogen) atoms. The Balaban J connectivity index is 1.34. The molecule has 0 atom stereocenters. The number of hydrogen-bond donors (Lipinski definition) is 1. The molecular formula is C39H48N4O4. The fourth-order valence-corrected chi connectivity index (χ4v) is 7.06. The third-order valence-corrected chi connectivity index (χ3v) is 9.74. The molecule has 248 valence electrons.